The van der Waals surface area contributed by atoms with E-state index in [1.165, 1.54) is 5.56 Å². The van der Waals surface area contributed by atoms with Crippen LogP contribution in [0, 0.1) is 0 Å². The molecule has 1 atom stereocenters. The molecule has 100 valence electrons. The minimum atomic E-state index is -0.503. The third kappa shape index (κ3) is 3.46. The fourth-order valence-electron chi connectivity index (χ4n) is 1.94. The molecule has 2 aromatic rings. The molecule has 0 aliphatic carbocycles. The molecule has 1 aromatic heterocycles. The lowest BCUT2D eigenvalue weighted by molar-refractivity contribution is 0.199. The minimum Gasteiger partial charge on any atom is -0.389 e. The normalized spacial score (nSPS) is 12.2. The molecule has 0 fully saturated rings. The van der Waals surface area contributed by atoms with Crippen LogP contribution in [0.15, 0.2) is 42.7 Å². The SMILES string of the molecule is C[C@H](O)c1ccc(N(C)Cc2ccncc2)c(Cl)c1. The van der Waals surface area contributed by atoms with E-state index in [2.05, 4.69) is 9.88 Å². The summed E-state index contributed by atoms with van der Waals surface area (Å²) in [7, 11) is 1.99. The topological polar surface area (TPSA) is 36.4 Å². The van der Waals surface area contributed by atoms with Crippen LogP contribution in [0.4, 0.5) is 5.69 Å². The van der Waals surface area contributed by atoms with Gasteiger partial charge in [-0.05, 0) is 42.3 Å². The fourth-order valence-corrected chi connectivity index (χ4v) is 2.27. The maximum absolute atomic E-state index is 9.53. The van der Waals surface area contributed by atoms with Crippen molar-refractivity contribution in [3.05, 3.63) is 58.9 Å². The van der Waals surface area contributed by atoms with E-state index in [-0.39, 0.29) is 0 Å². The first-order valence-electron chi connectivity index (χ1n) is 6.15. The summed E-state index contributed by atoms with van der Waals surface area (Å²) in [5, 5.41) is 10.2. The monoisotopic (exact) mass is 276 g/mol. The van der Waals surface area contributed by atoms with E-state index in [9.17, 15) is 5.11 Å². The number of rotatable bonds is 4. The molecule has 0 unspecified atom stereocenters. The zero-order valence-electron chi connectivity index (χ0n) is 11.0. The van der Waals surface area contributed by atoms with Crippen LogP contribution in [-0.2, 0) is 6.54 Å². The smallest absolute Gasteiger partial charge is 0.0762 e. The zero-order valence-corrected chi connectivity index (χ0v) is 11.8. The average molecular weight is 277 g/mol. The number of pyridine rings is 1. The van der Waals surface area contributed by atoms with Crippen molar-refractivity contribution in [3.63, 3.8) is 0 Å². The lowest BCUT2D eigenvalue weighted by atomic mass is 10.1. The van der Waals surface area contributed by atoms with Gasteiger partial charge in [0, 0.05) is 26.0 Å². The molecule has 19 heavy (non-hydrogen) atoms. The highest BCUT2D eigenvalue weighted by molar-refractivity contribution is 6.33. The first-order chi connectivity index (χ1) is 9.08. The molecule has 0 aliphatic rings. The summed E-state index contributed by atoms with van der Waals surface area (Å²) in [5.74, 6) is 0. The van der Waals surface area contributed by atoms with Crippen molar-refractivity contribution in [2.45, 2.75) is 19.6 Å². The van der Waals surface area contributed by atoms with Gasteiger partial charge in [0.1, 0.15) is 0 Å². The highest BCUT2D eigenvalue weighted by atomic mass is 35.5. The largest absolute Gasteiger partial charge is 0.389 e. The van der Waals surface area contributed by atoms with Gasteiger partial charge in [0.25, 0.3) is 0 Å². The summed E-state index contributed by atoms with van der Waals surface area (Å²) in [6.45, 7) is 2.49. The van der Waals surface area contributed by atoms with Crippen molar-refractivity contribution in [2.75, 3.05) is 11.9 Å². The highest BCUT2D eigenvalue weighted by Crippen LogP contribution is 2.29. The third-order valence-electron chi connectivity index (χ3n) is 3.03. The number of hydrogen-bond donors (Lipinski definition) is 1. The van der Waals surface area contributed by atoms with Crippen LogP contribution < -0.4 is 4.90 Å². The molecule has 1 N–H and O–H groups in total. The van der Waals surface area contributed by atoms with Crippen LogP contribution in [-0.4, -0.2) is 17.1 Å². The fraction of sp³-hybridized carbons (Fsp3) is 0.267. The number of halogens is 1. The van der Waals surface area contributed by atoms with Gasteiger partial charge in [-0.2, -0.15) is 0 Å². The summed E-state index contributed by atoms with van der Waals surface area (Å²) >= 11 is 6.27. The molecule has 4 heteroatoms. The molecule has 1 heterocycles. The molecule has 0 spiro atoms. The van der Waals surface area contributed by atoms with Crippen molar-refractivity contribution in [1.29, 1.82) is 0 Å². The Morgan fingerprint density at radius 1 is 1.26 bits per heavy atom. The van der Waals surface area contributed by atoms with Gasteiger partial charge in [0.2, 0.25) is 0 Å². The Morgan fingerprint density at radius 2 is 1.95 bits per heavy atom. The van der Waals surface area contributed by atoms with Gasteiger partial charge in [0.15, 0.2) is 0 Å². The first kappa shape index (κ1) is 13.8. The van der Waals surface area contributed by atoms with Crippen molar-refractivity contribution in [3.8, 4) is 0 Å². The zero-order chi connectivity index (χ0) is 13.8. The van der Waals surface area contributed by atoms with Crippen molar-refractivity contribution < 1.29 is 5.11 Å². The van der Waals surface area contributed by atoms with Gasteiger partial charge in [-0.25, -0.2) is 0 Å². The standard InChI is InChI=1S/C15H17ClN2O/c1-11(19)13-3-4-15(14(16)9-13)18(2)10-12-5-7-17-8-6-12/h3-9,11,19H,10H2,1-2H3/t11-/m0/s1. The van der Waals surface area contributed by atoms with Gasteiger partial charge < -0.3 is 10.0 Å². The second-order valence-corrected chi connectivity index (χ2v) is 5.01. The summed E-state index contributed by atoms with van der Waals surface area (Å²) < 4.78 is 0. The Hall–Kier alpha value is -1.58. The van der Waals surface area contributed by atoms with Crippen LogP contribution in [0.1, 0.15) is 24.2 Å². The Labute approximate surface area is 118 Å². The number of hydrogen-bond acceptors (Lipinski definition) is 3. The second kappa shape index (κ2) is 6.04. The molecule has 0 amide bonds. The summed E-state index contributed by atoms with van der Waals surface area (Å²) in [6.07, 6.45) is 3.06. The number of anilines is 1. The number of aromatic nitrogens is 1. The number of benzene rings is 1. The number of nitrogens with zero attached hydrogens (tertiary/aromatic N) is 2. The van der Waals surface area contributed by atoms with E-state index in [4.69, 9.17) is 11.6 Å². The average Bonchev–Trinajstić information content (AvgIpc) is 2.39. The first-order valence-corrected chi connectivity index (χ1v) is 6.53. The predicted molar refractivity (Wildman–Crippen MR) is 78.4 cm³/mol. The van der Waals surface area contributed by atoms with Gasteiger partial charge in [-0.1, -0.05) is 17.7 Å². The highest BCUT2D eigenvalue weighted by Gasteiger charge is 2.09. The maximum atomic E-state index is 9.53. The van der Waals surface area contributed by atoms with E-state index in [0.717, 1.165) is 17.8 Å². The quantitative estimate of drug-likeness (QED) is 0.929. The van der Waals surface area contributed by atoms with E-state index in [1.54, 1.807) is 19.3 Å². The van der Waals surface area contributed by atoms with E-state index < -0.39 is 6.10 Å². The van der Waals surface area contributed by atoms with Crippen LogP contribution in [0.2, 0.25) is 5.02 Å². The number of aliphatic hydroxyl groups is 1. The van der Waals surface area contributed by atoms with Crippen LogP contribution >= 0.6 is 11.6 Å². The van der Waals surface area contributed by atoms with Crippen LogP contribution in [0.25, 0.3) is 0 Å². The van der Waals surface area contributed by atoms with E-state index >= 15 is 0 Å². The Morgan fingerprint density at radius 3 is 2.53 bits per heavy atom. The van der Waals surface area contributed by atoms with Crippen molar-refractivity contribution >= 4 is 17.3 Å². The number of aliphatic hydroxyl groups excluding tert-OH is 1. The van der Waals surface area contributed by atoms with Gasteiger partial charge in [0.05, 0.1) is 16.8 Å². The van der Waals surface area contributed by atoms with Crippen molar-refractivity contribution in [1.82, 2.24) is 4.98 Å². The lowest BCUT2D eigenvalue weighted by Gasteiger charge is -2.21. The van der Waals surface area contributed by atoms with E-state index in [1.807, 2.05) is 37.4 Å². The van der Waals surface area contributed by atoms with Crippen molar-refractivity contribution in [2.24, 2.45) is 0 Å². The molecule has 0 aliphatic heterocycles. The molecule has 3 nitrogen and oxygen atoms in total. The molecule has 2 rings (SSSR count). The Kier molecular flexibility index (Phi) is 4.40. The second-order valence-electron chi connectivity index (χ2n) is 4.60. The molecule has 0 bridgehead atoms. The van der Waals surface area contributed by atoms with Gasteiger partial charge in [-0.3, -0.25) is 4.98 Å². The molecular weight excluding hydrogens is 260 g/mol. The minimum absolute atomic E-state index is 0.503. The van der Waals surface area contributed by atoms with Gasteiger partial charge in [-0.15, -0.1) is 0 Å². The molecular formula is C15H17ClN2O. The van der Waals surface area contributed by atoms with E-state index in [0.29, 0.717) is 5.02 Å². The third-order valence-corrected chi connectivity index (χ3v) is 3.34. The lowest BCUT2D eigenvalue weighted by Crippen LogP contribution is -2.16. The summed E-state index contributed by atoms with van der Waals surface area (Å²) in [5.41, 5.74) is 2.95. The molecule has 0 radical (unpaired) electrons. The van der Waals surface area contributed by atoms with Gasteiger partial charge >= 0.3 is 0 Å². The molecule has 1 aromatic carbocycles. The Bertz CT molecular complexity index is 543. The molecule has 0 saturated heterocycles. The maximum Gasteiger partial charge on any atom is 0.0762 e. The summed E-state index contributed by atoms with van der Waals surface area (Å²) in [6, 6.07) is 9.61. The van der Waals surface area contributed by atoms with Crippen LogP contribution in [0.3, 0.4) is 0 Å². The van der Waals surface area contributed by atoms with Crippen LogP contribution in [0.5, 0.6) is 0 Å². The Balaban J connectivity index is 2.17. The summed E-state index contributed by atoms with van der Waals surface area (Å²) in [4.78, 5) is 6.07. The predicted octanol–water partition coefficient (Wildman–Crippen LogP) is 3.42. The molecule has 0 saturated carbocycles.